The van der Waals surface area contributed by atoms with E-state index in [1.165, 1.54) is 12.1 Å². The van der Waals surface area contributed by atoms with Gasteiger partial charge < -0.3 is 10.5 Å². The Balaban J connectivity index is 2.14. The Morgan fingerprint density at radius 1 is 1.55 bits per heavy atom. The molecular formula is C15H22ClFN2O. The smallest absolute Gasteiger partial charge is 0.124 e. The molecule has 5 heteroatoms. The first-order chi connectivity index (χ1) is 9.65. The van der Waals surface area contributed by atoms with Gasteiger partial charge in [0, 0.05) is 30.8 Å². The summed E-state index contributed by atoms with van der Waals surface area (Å²) in [7, 11) is 0. The summed E-state index contributed by atoms with van der Waals surface area (Å²) in [6.07, 6.45) is 2.42. The summed E-state index contributed by atoms with van der Waals surface area (Å²) in [5.74, 6) is -0.319. The number of hydrogen-bond donors (Lipinski definition) is 1. The molecule has 1 heterocycles. The van der Waals surface area contributed by atoms with Crippen molar-refractivity contribution in [1.82, 2.24) is 4.90 Å². The molecule has 0 bridgehead atoms. The van der Waals surface area contributed by atoms with Crippen LogP contribution in [0.2, 0.25) is 5.02 Å². The van der Waals surface area contributed by atoms with Gasteiger partial charge in [-0.15, -0.1) is 0 Å². The van der Waals surface area contributed by atoms with Gasteiger partial charge in [-0.3, -0.25) is 4.90 Å². The highest BCUT2D eigenvalue weighted by molar-refractivity contribution is 6.31. The molecule has 0 aliphatic carbocycles. The Kier molecular flexibility index (Phi) is 5.78. The van der Waals surface area contributed by atoms with Crippen molar-refractivity contribution >= 4 is 11.6 Å². The second kappa shape index (κ2) is 7.36. The van der Waals surface area contributed by atoms with E-state index in [-0.39, 0.29) is 18.0 Å². The van der Waals surface area contributed by atoms with Crippen LogP contribution in [0.4, 0.5) is 4.39 Å². The van der Waals surface area contributed by atoms with Gasteiger partial charge in [0.15, 0.2) is 0 Å². The fourth-order valence-corrected chi connectivity index (χ4v) is 3.16. The summed E-state index contributed by atoms with van der Waals surface area (Å²) in [5.41, 5.74) is 6.82. The molecule has 2 unspecified atom stereocenters. The van der Waals surface area contributed by atoms with E-state index in [1.54, 1.807) is 6.07 Å². The predicted molar refractivity (Wildman–Crippen MR) is 79.4 cm³/mol. The molecule has 1 fully saturated rings. The minimum Gasteiger partial charge on any atom is -0.377 e. The van der Waals surface area contributed by atoms with Crippen molar-refractivity contribution in [3.63, 3.8) is 0 Å². The maximum atomic E-state index is 13.2. The van der Waals surface area contributed by atoms with E-state index in [9.17, 15) is 4.39 Å². The summed E-state index contributed by atoms with van der Waals surface area (Å²) in [6.45, 7) is 5.02. The molecule has 1 saturated heterocycles. The van der Waals surface area contributed by atoms with E-state index >= 15 is 0 Å². The van der Waals surface area contributed by atoms with Crippen molar-refractivity contribution in [1.29, 1.82) is 0 Å². The molecule has 112 valence electrons. The predicted octanol–water partition coefficient (Wildman–Crippen LogP) is 2.98. The molecule has 0 radical (unpaired) electrons. The molecule has 20 heavy (non-hydrogen) atoms. The van der Waals surface area contributed by atoms with Crippen molar-refractivity contribution in [3.8, 4) is 0 Å². The van der Waals surface area contributed by atoms with Gasteiger partial charge in [-0.05, 0) is 44.0 Å². The second-order valence-corrected chi connectivity index (χ2v) is 5.54. The van der Waals surface area contributed by atoms with Crippen LogP contribution >= 0.6 is 11.6 Å². The van der Waals surface area contributed by atoms with Gasteiger partial charge in [0.2, 0.25) is 0 Å². The number of nitrogens with two attached hydrogens (primary N) is 1. The number of nitrogens with zero attached hydrogens (tertiary/aromatic N) is 1. The number of rotatable bonds is 5. The molecule has 3 nitrogen and oxygen atoms in total. The van der Waals surface area contributed by atoms with Crippen molar-refractivity contribution in [2.24, 2.45) is 5.73 Å². The first kappa shape index (κ1) is 15.7. The molecule has 1 aliphatic heterocycles. The summed E-state index contributed by atoms with van der Waals surface area (Å²) < 4.78 is 18.9. The zero-order valence-electron chi connectivity index (χ0n) is 11.8. The van der Waals surface area contributed by atoms with E-state index in [0.717, 1.165) is 38.1 Å². The zero-order valence-corrected chi connectivity index (χ0v) is 12.6. The van der Waals surface area contributed by atoms with Gasteiger partial charge in [-0.25, -0.2) is 4.39 Å². The minimum atomic E-state index is -0.319. The second-order valence-electron chi connectivity index (χ2n) is 5.13. The van der Waals surface area contributed by atoms with Crippen LogP contribution in [0.25, 0.3) is 0 Å². The maximum absolute atomic E-state index is 13.2. The van der Waals surface area contributed by atoms with Crippen molar-refractivity contribution in [2.75, 3.05) is 26.2 Å². The highest BCUT2D eigenvalue weighted by atomic mass is 35.5. The van der Waals surface area contributed by atoms with Crippen LogP contribution in [0.15, 0.2) is 18.2 Å². The van der Waals surface area contributed by atoms with Gasteiger partial charge in [0.1, 0.15) is 5.82 Å². The molecule has 0 spiro atoms. The minimum absolute atomic E-state index is 0.0198. The number of benzene rings is 1. The molecular weight excluding hydrogens is 279 g/mol. The van der Waals surface area contributed by atoms with Crippen LogP contribution in [-0.2, 0) is 4.74 Å². The van der Waals surface area contributed by atoms with Crippen LogP contribution in [0.1, 0.15) is 31.4 Å². The van der Waals surface area contributed by atoms with Crippen LogP contribution in [0, 0.1) is 5.82 Å². The average molecular weight is 301 g/mol. The number of halogens is 2. The van der Waals surface area contributed by atoms with Crippen molar-refractivity contribution < 1.29 is 9.13 Å². The lowest BCUT2D eigenvalue weighted by Crippen LogP contribution is -2.44. The maximum Gasteiger partial charge on any atom is 0.124 e. The third-order valence-corrected chi connectivity index (χ3v) is 4.12. The fraction of sp³-hybridized carbons (Fsp3) is 0.600. The fourth-order valence-electron chi connectivity index (χ4n) is 2.87. The lowest BCUT2D eigenvalue weighted by atomic mass is 10.0. The Bertz CT molecular complexity index is 442. The van der Waals surface area contributed by atoms with E-state index in [1.807, 2.05) is 6.92 Å². The Morgan fingerprint density at radius 3 is 3.00 bits per heavy atom. The average Bonchev–Trinajstić information content (AvgIpc) is 2.43. The lowest BCUT2D eigenvalue weighted by molar-refractivity contribution is -0.00659. The van der Waals surface area contributed by atoms with Gasteiger partial charge >= 0.3 is 0 Å². The summed E-state index contributed by atoms with van der Waals surface area (Å²) in [4.78, 5) is 2.29. The molecule has 0 amide bonds. The molecule has 0 saturated carbocycles. The van der Waals surface area contributed by atoms with Gasteiger partial charge in [0.05, 0.1) is 6.10 Å². The molecule has 2 rings (SSSR count). The number of piperidine rings is 1. The van der Waals surface area contributed by atoms with Gasteiger partial charge in [-0.1, -0.05) is 17.7 Å². The summed E-state index contributed by atoms with van der Waals surface area (Å²) in [6, 6.07) is 4.54. The van der Waals surface area contributed by atoms with E-state index in [0.29, 0.717) is 11.6 Å². The van der Waals surface area contributed by atoms with Crippen LogP contribution in [-0.4, -0.2) is 37.2 Å². The molecule has 0 aromatic heterocycles. The SMILES string of the molecule is CCOC1CCCN(C(CN)c2ccc(F)cc2Cl)C1. The zero-order chi connectivity index (χ0) is 14.5. The number of likely N-dealkylation sites (tertiary alicyclic amines) is 1. The molecule has 1 aromatic carbocycles. The topological polar surface area (TPSA) is 38.5 Å². The molecule has 2 atom stereocenters. The van der Waals surface area contributed by atoms with E-state index in [4.69, 9.17) is 22.1 Å². The largest absolute Gasteiger partial charge is 0.377 e. The first-order valence-corrected chi connectivity index (χ1v) is 7.54. The summed E-state index contributed by atoms with van der Waals surface area (Å²) >= 11 is 6.17. The first-order valence-electron chi connectivity index (χ1n) is 7.16. The number of hydrogen-bond acceptors (Lipinski definition) is 3. The third kappa shape index (κ3) is 3.70. The van der Waals surface area contributed by atoms with Gasteiger partial charge in [0.25, 0.3) is 0 Å². The van der Waals surface area contributed by atoms with Crippen LogP contribution in [0.3, 0.4) is 0 Å². The molecule has 1 aliphatic rings. The Morgan fingerprint density at radius 2 is 2.35 bits per heavy atom. The van der Waals surface area contributed by atoms with Crippen molar-refractivity contribution in [2.45, 2.75) is 31.9 Å². The van der Waals surface area contributed by atoms with Crippen LogP contribution < -0.4 is 5.73 Å². The van der Waals surface area contributed by atoms with E-state index < -0.39 is 0 Å². The highest BCUT2D eigenvalue weighted by Crippen LogP contribution is 2.30. The monoisotopic (exact) mass is 300 g/mol. The Labute approximate surface area is 124 Å². The third-order valence-electron chi connectivity index (χ3n) is 3.80. The normalized spacial score (nSPS) is 21.9. The van der Waals surface area contributed by atoms with Crippen molar-refractivity contribution in [3.05, 3.63) is 34.6 Å². The standard InChI is InChI=1S/C15H22ClFN2O/c1-2-20-12-4-3-7-19(10-12)15(9-18)13-6-5-11(17)8-14(13)16/h5-6,8,12,15H,2-4,7,9-10,18H2,1H3. The van der Waals surface area contributed by atoms with Gasteiger partial charge in [-0.2, -0.15) is 0 Å². The van der Waals surface area contributed by atoms with Crippen LogP contribution in [0.5, 0.6) is 0 Å². The molecule has 2 N–H and O–H groups in total. The number of ether oxygens (including phenoxy) is 1. The molecule has 1 aromatic rings. The summed E-state index contributed by atoms with van der Waals surface area (Å²) in [5, 5.41) is 0.444. The lowest BCUT2D eigenvalue weighted by Gasteiger charge is -2.38. The van der Waals surface area contributed by atoms with E-state index in [2.05, 4.69) is 4.90 Å². The highest BCUT2D eigenvalue weighted by Gasteiger charge is 2.27. The Hall–Kier alpha value is -0.680. The quantitative estimate of drug-likeness (QED) is 0.908.